The minimum absolute atomic E-state index is 0.215. The minimum Gasteiger partial charge on any atom is -0.368 e. The van der Waals surface area contributed by atoms with Crippen LogP contribution in [0, 0.1) is 11.3 Å². The summed E-state index contributed by atoms with van der Waals surface area (Å²) in [5.74, 6) is -0.632. The van der Waals surface area contributed by atoms with Gasteiger partial charge in [0.2, 0.25) is 11.8 Å². The zero-order valence-electron chi connectivity index (χ0n) is 14.7. The molecule has 1 saturated heterocycles. The van der Waals surface area contributed by atoms with Crippen LogP contribution in [-0.4, -0.2) is 42.9 Å². The van der Waals surface area contributed by atoms with Gasteiger partial charge >= 0.3 is 0 Å². The van der Waals surface area contributed by atoms with Gasteiger partial charge < -0.3 is 15.1 Å². The summed E-state index contributed by atoms with van der Waals surface area (Å²) in [6, 6.07) is 16.3. The molecule has 138 valence electrons. The van der Waals surface area contributed by atoms with Crippen LogP contribution >= 0.6 is 11.6 Å². The zero-order chi connectivity index (χ0) is 19.2. The third-order valence-electron chi connectivity index (χ3n) is 4.44. The number of amides is 2. The number of hydrogen-bond donors (Lipinski definition) is 1. The number of anilines is 2. The molecule has 0 unspecified atom stereocenters. The van der Waals surface area contributed by atoms with Gasteiger partial charge in [0, 0.05) is 36.9 Å². The first-order valence-corrected chi connectivity index (χ1v) is 9.02. The third-order valence-corrected chi connectivity index (χ3v) is 4.67. The number of nitriles is 1. The first kappa shape index (κ1) is 18.7. The molecular weight excluding hydrogens is 364 g/mol. The molecule has 2 aromatic carbocycles. The monoisotopic (exact) mass is 382 g/mol. The molecule has 0 aliphatic carbocycles. The number of carbonyl (C=O) groups excluding carboxylic acids is 2. The van der Waals surface area contributed by atoms with Crippen LogP contribution in [0.3, 0.4) is 0 Å². The van der Waals surface area contributed by atoms with Crippen molar-refractivity contribution in [1.82, 2.24) is 4.90 Å². The van der Waals surface area contributed by atoms with Gasteiger partial charge in [0.1, 0.15) is 12.5 Å². The van der Waals surface area contributed by atoms with Gasteiger partial charge in [-0.2, -0.15) is 5.26 Å². The fraction of sp³-hybridized carbons (Fsp3) is 0.250. The van der Waals surface area contributed by atoms with E-state index in [1.807, 2.05) is 30.3 Å². The van der Waals surface area contributed by atoms with Crippen LogP contribution in [0.25, 0.3) is 0 Å². The van der Waals surface area contributed by atoms with E-state index in [-0.39, 0.29) is 12.3 Å². The topological polar surface area (TPSA) is 76.4 Å². The molecule has 0 saturated carbocycles. The van der Waals surface area contributed by atoms with Gasteiger partial charge in [-0.3, -0.25) is 9.59 Å². The van der Waals surface area contributed by atoms with Crippen LogP contribution in [0.5, 0.6) is 0 Å². The Morgan fingerprint density at radius 3 is 2.52 bits per heavy atom. The van der Waals surface area contributed by atoms with E-state index in [0.717, 1.165) is 5.69 Å². The number of nitrogens with one attached hydrogen (secondary N) is 1. The van der Waals surface area contributed by atoms with Gasteiger partial charge in [-0.1, -0.05) is 29.8 Å². The molecular formula is C20H19ClN4O2. The van der Waals surface area contributed by atoms with Crippen LogP contribution in [-0.2, 0) is 9.59 Å². The van der Waals surface area contributed by atoms with Gasteiger partial charge in [-0.05, 0) is 30.3 Å². The van der Waals surface area contributed by atoms with Crippen molar-refractivity contribution in [3.05, 3.63) is 59.1 Å². The van der Waals surface area contributed by atoms with Crippen LogP contribution in [0.1, 0.15) is 12.0 Å². The van der Waals surface area contributed by atoms with E-state index < -0.39 is 5.91 Å². The molecule has 2 aromatic rings. The summed E-state index contributed by atoms with van der Waals surface area (Å²) in [5.41, 5.74) is 1.82. The second-order valence-corrected chi connectivity index (χ2v) is 6.67. The molecule has 2 amide bonds. The number of para-hydroxylation sites is 1. The summed E-state index contributed by atoms with van der Waals surface area (Å²) in [7, 11) is 0. The fourth-order valence-electron chi connectivity index (χ4n) is 3.02. The average Bonchev–Trinajstić information content (AvgIpc) is 2.68. The van der Waals surface area contributed by atoms with E-state index in [1.165, 1.54) is 0 Å². The predicted molar refractivity (Wildman–Crippen MR) is 105 cm³/mol. The molecule has 1 fully saturated rings. The van der Waals surface area contributed by atoms with E-state index in [9.17, 15) is 9.59 Å². The summed E-state index contributed by atoms with van der Waals surface area (Å²) in [6.07, 6.45) is -0.239. The molecule has 0 spiro atoms. The van der Waals surface area contributed by atoms with Crippen molar-refractivity contribution in [1.29, 1.82) is 5.26 Å². The average molecular weight is 383 g/mol. The molecule has 6 nitrogen and oxygen atoms in total. The lowest BCUT2D eigenvalue weighted by Crippen LogP contribution is -2.49. The second kappa shape index (κ2) is 8.56. The second-order valence-electron chi connectivity index (χ2n) is 6.23. The molecule has 3 rings (SSSR count). The fourth-order valence-corrected chi connectivity index (χ4v) is 3.20. The Labute approximate surface area is 162 Å². The standard InChI is InChI=1S/C20H19ClN4O2/c21-16-5-3-6-17(12-16)24-8-10-25(11-9-24)20(27)13-19(26)23-18-7-2-1-4-15(18)14-22/h1-7,12H,8-11,13H2,(H,23,26). The number of rotatable bonds is 4. The lowest BCUT2D eigenvalue weighted by molar-refractivity contribution is -0.134. The van der Waals surface area contributed by atoms with E-state index in [4.69, 9.17) is 16.9 Å². The largest absolute Gasteiger partial charge is 0.368 e. The third kappa shape index (κ3) is 4.78. The Morgan fingerprint density at radius 2 is 1.81 bits per heavy atom. The lowest BCUT2D eigenvalue weighted by Gasteiger charge is -2.36. The van der Waals surface area contributed by atoms with Crippen molar-refractivity contribution in [2.45, 2.75) is 6.42 Å². The number of benzene rings is 2. The van der Waals surface area contributed by atoms with Gasteiger partial charge in [0.25, 0.3) is 0 Å². The maximum atomic E-state index is 12.4. The maximum absolute atomic E-state index is 12.4. The molecule has 0 atom stereocenters. The summed E-state index contributed by atoms with van der Waals surface area (Å²) < 4.78 is 0. The van der Waals surface area contributed by atoms with Crippen molar-refractivity contribution >= 4 is 34.8 Å². The first-order chi connectivity index (χ1) is 13.1. The highest BCUT2D eigenvalue weighted by Gasteiger charge is 2.23. The molecule has 1 aliphatic heterocycles. The van der Waals surface area contributed by atoms with Crippen LogP contribution < -0.4 is 10.2 Å². The summed E-state index contributed by atoms with van der Waals surface area (Å²) in [4.78, 5) is 28.4. The van der Waals surface area contributed by atoms with E-state index in [1.54, 1.807) is 29.2 Å². The van der Waals surface area contributed by atoms with Crippen LogP contribution in [0.15, 0.2) is 48.5 Å². The Balaban J connectivity index is 1.52. The van der Waals surface area contributed by atoms with E-state index in [2.05, 4.69) is 10.2 Å². The molecule has 0 bridgehead atoms. The number of hydrogen-bond acceptors (Lipinski definition) is 4. The smallest absolute Gasteiger partial charge is 0.233 e. The van der Waals surface area contributed by atoms with Gasteiger partial charge in [-0.15, -0.1) is 0 Å². The van der Waals surface area contributed by atoms with Crippen molar-refractivity contribution in [2.75, 3.05) is 36.4 Å². The quantitative estimate of drug-likeness (QED) is 0.825. The van der Waals surface area contributed by atoms with Gasteiger partial charge in [-0.25, -0.2) is 0 Å². The van der Waals surface area contributed by atoms with Crippen molar-refractivity contribution in [2.24, 2.45) is 0 Å². The SMILES string of the molecule is N#Cc1ccccc1NC(=O)CC(=O)N1CCN(c2cccc(Cl)c2)CC1. The summed E-state index contributed by atoms with van der Waals surface area (Å²) in [5, 5.41) is 12.4. The highest BCUT2D eigenvalue weighted by molar-refractivity contribution is 6.30. The first-order valence-electron chi connectivity index (χ1n) is 8.64. The number of halogens is 1. The predicted octanol–water partition coefficient (Wildman–Crippen LogP) is 2.89. The number of carbonyl (C=O) groups is 2. The van der Waals surface area contributed by atoms with Gasteiger partial charge in [0.15, 0.2) is 0 Å². The zero-order valence-corrected chi connectivity index (χ0v) is 15.4. The van der Waals surface area contributed by atoms with E-state index in [0.29, 0.717) is 42.5 Å². The Morgan fingerprint density at radius 1 is 1.07 bits per heavy atom. The molecule has 7 heteroatoms. The molecule has 1 aliphatic rings. The maximum Gasteiger partial charge on any atom is 0.233 e. The Bertz CT molecular complexity index is 886. The van der Waals surface area contributed by atoms with Gasteiger partial charge in [0.05, 0.1) is 11.3 Å². The molecule has 1 heterocycles. The summed E-state index contributed by atoms with van der Waals surface area (Å²) in [6.45, 7) is 2.47. The minimum atomic E-state index is -0.417. The molecule has 0 radical (unpaired) electrons. The van der Waals surface area contributed by atoms with Crippen molar-refractivity contribution < 1.29 is 9.59 Å². The molecule has 0 aromatic heterocycles. The number of piperazine rings is 1. The Kier molecular flexibility index (Phi) is 5.94. The van der Waals surface area contributed by atoms with E-state index >= 15 is 0 Å². The Hall–Kier alpha value is -3.04. The number of nitrogens with zero attached hydrogens (tertiary/aromatic N) is 3. The van der Waals surface area contributed by atoms with Crippen molar-refractivity contribution in [3.63, 3.8) is 0 Å². The molecule has 27 heavy (non-hydrogen) atoms. The highest BCUT2D eigenvalue weighted by atomic mass is 35.5. The van der Waals surface area contributed by atoms with Crippen molar-refractivity contribution in [3.8, 4) is 6.07 Å². The summed E-state index contributed by atoms with van der Waals surface area (Å²) >= 11 is 6.03. The van der Waals surface area contributed by atoms with Crippen LogP contribution in [0.4, 0.5) is 11.4 Å². The normalized spacial score (nSPS) is 13.8. The lowest BCUT2D eigenvalue weighted by atomic mass is 10.2. The highest BCUT2D eigenvalue weighted by Crippen LogP contribution is 2.21. The van der Waals surface area contributed by atoms with Crippen LogP contribution in [0.2, 0.25) is 5.02 Å². The molecule has 1 N–H and O–H groups in total.